The van der Waals surface area contributed by atoms with Crippen LogP contribution < -0.4 is 5.73 Å². The second-order valence-corrected chi connectivity index (χ2v) is 5.61. The van der Waals surface area contributed by atoms with Crippen molar-refractivity contribution in [1.82, 2.24) is 9.80 Å². The summed E-state index contributed by atoms with van der Waals surface area (Å²) >= 11 is 0. The van der Waals surface area contributed by atoms with E-state index >= 15 is 0 Å². The van der Waals surface area contributed by atoms with Gasteiger partial charge in [-0.2, -0.15) is 0 Å². The SMILES string of the molecule is N=C(N)c1ccccc1CN1CCN(C2CC2)CC1. The highest BCUT2D eigenvalue weighted by atomic mass is 15.3. The molecule has 102 valence electrons. The second kappa shape index (κ2) is 5.31. The Labute approximate surface area is 114 Å². The molecule has 3 N–H and O–H groups in total. The van der Waals surface area contributed by atoms with E-state index in [-0.39, 0.29) is 5.84 Å². The Morgan fingerprint density at radius 3 is 2.47 bits per heavy atom. The topological polar surface area (TPSA) is 56.4 Å². The quantitative estimate of drug-likeness (QED) is 0.631. The van der Waals surface area contributed by atoms with Crippen molar-refractivity contribution < 1.29 is 0 Å². The van der Waals surface area contributed by atoms with Gasteiger partial charge in [0.1, 0.15) is 5.84 Å². The van der Waals surface area contributed by atoms with Crippen LogP contribution in [0.1, 0.15) is 24.0 Å². The summed E-state index contributed by atoms with van der Waals surface area (Å²) in [6.45, 7) is 5.54. The van der Waals surface area contributed by atoms with Gasteiger partial charge in [0, 0.05) is 44.3 Å². The van der Waals surface area contributed by atoms with Crippen LogP contribution in [0, 0.1) is 5.41 Å². The van der Waals surface area contributed by atoms with E-state index in [4.69, 9.17) is 11.1 Å². The summed E-state index contributed by atoms with van der Waals surface area (Å²) in [5.74, 6) is 0.173. The van der Waals surface area contributed by atoms with Crippen molar-refractivity contribution in [3.63, 3.8) is 0 Å². The molecule has 1 aliphatic heterocycles. The van der Waals surface area contributed by atoms with E-state index in [1.165, 1.54) is 31.5 Å². The Balaban J connectivity index is 1.61. The number of nitrogens with two attached hydrogens (primary N) is 1. The van der Waals surface area contributed by atoms with Gasteiger partial charge in [-0.25, -0.2) is 0 Å². The Kier molecular flexibility index (Phi) is 3.53. The molecule has 19 heavy (non-hydrogen) atoms. The van der Waals surface area contributed by atoms with E-state index in [0.717, 1.165) is 31.2 Å². The molecule has 0 unspecified atom stereocenters. The number of benzene rings is 1. The summed E-state index contributed by atoms with van der Waals surface area (Å²) < 4.78 is 0. The number of piperazine rings is 1. The number of hydrogen-bond donors (Lipinski definition) is 2. The van der Waals surface area contributed by atoms with Gasteiger partial charge in [-0.3, -0.25) is 15.2 Å². The normalized spacial score (nSPS) is 21.5. The summed E-state index contributed by atoms with van der Waals surface area (Å²) in [5, 5.41) is 7.64. The smallest absolute Gasteiger partial charge is 0.123 e. The summed E-state index contributed by atoms with van der Waals surface area (Å²) in [4.78, 5) is 5.09. The van der Waals surface area contributed by atoms with E-state index in [9.17, 15) is 0 Å². The van der Waals surface area contributed by atoms with Crippen molar-refractivity contribution in [3.05, 3.63) is 35.4 Å². The van der Waals surface area contributed by atoms with Crippen molar-refractivity contribution in [2.75, 3.05) is 26.2 Å². The van der Waals surface area contributed by atoms with Crippen LogP contribution in [0.5, 0.6) is 0 Å². The predicted molar refractivity (Wildman–Crippen MR) is 77.3 cm³/mol. The van der Waals surface area contributed by atoms with E-state index in [1.54, 1.807) is 0 Å². The van der Waals surface area contributed by atoms with Gasteiger partial charge in [-0.15, -0.1) is 0 Å². The van der Waals surface area contributed by atoms with E-state index in [1.807, 2.05) is 18.2 Å². The first-order valence-electron chi connectivity index (χ1n) is 7.13. The van der Waals surface area contributed by atoms with Crippen molar-refractivity contribution in [2.24, 2.45) is 5.73 Å². The first kappa shape index (κ1) is 12.6. The van der Waals surface area contributed by atoms with Crippen LogP contribution in [0.15, 0.2) is 24.3 Å². The van der Waals surface area contributed by atoms with E-state index in [2.05, 4.69) is 15.9 Å². The van der Waals surface area contributed by atoms with Gasteiger partial charge in [0.25, 0.3) is 0 Å². The molecule has 0 bridgehead atoms. The van der Waals surface area contributed by atoms with Gasteiger partial charge in [0.15, 0.2) is 0 Å². The molecular formula is C15H22N4. The molecule has 3 rings (SSSR count). The fraction of sp³-hybridized carbons (Fsp3) is 0.533. The maximum absolute atomic E-state index is 7.64. The zero-order chi connectivity index (χ0) is 13.2. The molecule has 1 saturated carbocycles. The van der Waals surface area contributed by atoms with Gasteiger partial charge in [-0.1, -0.05) is 24.3 Å². The van der Waals surface area contributed by atoms with Crippen LogP contribution in [-0.2, 0) is 6.54 Å². The molecule has 1 aliphatic carbocycles. The second-order valence-electron chi connectivity index (χ2n) is 5.61. The van der Waals surface area contributed by atoms with E-state index in [0.29, 0.717) is 0 Å². The fourth-order valence-corrected chi connectivity index (χ4v) is 2.89. The third-order valence-corrected chi connectivity index (χ3v) is 4.17. The number of hydrogen-bond acceptors (Lipinski definition) is 3. The standard InChI is InChI=1S/C15H22N4/c16-15(17)14-4-2-1-3-12(14)11-18-7-9-19(10-8-18)13-5-6-13/h1-4,13H,5-11H2,(H3,16,17). The number of nitrogens with zero attached hydrogens (tertiary/aromatic N) is 2. The predicted octanol–water partition coefficient (Wildman–Crippen LogP) is 1.25. The van der Waals surface area contributed by atoms with Gasteiger partial charge in [0.05, 0.1) is 0 Å². The minimum absolute atomic E-state index is 0.173. The number of rotatable bonds is 4. The lowest BCUT2D eigenvalue weighted by Crippen LogP contribution is -2.46. The minimum Gasteiger partial charge on any atom is -0.384 e. The lowest BCUT2D eigenvalue weighted by molar-refractivity contribution is 0.121. The van der Waals surface area contributed by atoms with Crippen molar-refractivity contribution in [2.45, 2.75) is 25.4 Å². The highest BCUT2D eigenvalue weighted by Gasteiger charge is 2.31. The average molecular weight is 258 g/mol. The molecule has 1 heterocycles. The molecule has 0 aromatic heterocycles. The number of amidine groups is 1. The third-order valence-electron chi connectivity index (χ3n) is 4.17. The monoisotopic (exact) mass is 258 g/mol. The van der Waals surface area contributed by atoms with Crippen molar-refractivity contribution in [1.29, 1.82) is 5.41 Å². The maximum Gasteiger partial charge on any atom is 0.123 e. The molecule has 0 spiro atoms. The summed E-state index contributed by atoms with van der Waals surface area (Å²) in [5.41, 5.74) is 7.70. The lowest BCUT2D eigenvalue weighted by atomic mass is 10.1. The lowest BCUT2D eigenvalue weighted by Gasteiger charge is -2.35. The van der Waals surface area contributed by atoms with Crippen molar-refractivity contribution in [3.8, 4) is 0 Å². The average Bonchev–Trinajstić information content (AvgIpc) is 3.24. The minimum atomic E-state index is 0.173. The van der Waals surface area contributed by atoms with Gasteiger partial charge >= 0.3 is 0 Å². The Bertz CT molecular complexity index is 459. The van der Waals surface area contributed by atoms with Crippen LogP contribution in [0.2, 0.25) is 0 Å². The third kappa shape index (κ3) is 2.96. The van der Waals surface area contributed by atoms with Crippen LogP contribution >= 0.6 is 0 Å². The van der Waals surface area contributed by atoms with E-state index < -0.39 is 0 Å². The van der Waals surface area contributed by atoms with Crippen molar-refractivity contribution >= 4 is 5.84 Å². The molecular weight excluding hydrogens is 236 g/mol. The first-order chi connectivity index (χ1) is 9.24. The Morgan fingerprint density at radius 2 is 1.84 bits per heavy atom. The van der Waals surface area contributed by atoms with Gasteiger partial charge in [-0.05, 0) is 18.4 Å². The molecule has 2 fully saturated rings. The Hall–Kier alpha value is -1.39. The largest absolute Gasteiger partial charge is 0.384 e. The first-order valence-corrected chi connectivity index (χ1v) is 7.13. The molecule has 1 saturated heterocycles. The summed E-state index contributed by atoms with van der Waals surface area (Å²) in [6.07, 6.45) is 2.79. The van der Waals surface area contributed by atoms with Gasteiger partial charge in [0.2, 0.25) is 0 Å². The molecule has 0 amide bonds. The highest BCUT2D eigenvalue weighted by molar-refractivity contribution is 5.96. The summed E-state index contributed by atoms with van der Waals surface area (Å²) in [7, 11) is 0. The van der Waals surface area contributed by atoms with Crippen LogP contribution in [0.3, 0.4) is 0 Å². The van der Waals surface area contributed by atoms with Crippen LogP contribution in [0.25, 0.3) is 0 Å². The van der Waals surface area contributed by atoms with Gasteiger partial charge < -0.3 is 5.73 Å². The van der Waals surface area contributed by atoms with Crippen LogP contribution in [0.4, 0.5) is 0 Å². The zero-order valence-electron chi connectivity index (χ0n) is 11.3. The molecule has 4 nitrogen and oxygen atoms in total. The molecule has 4 heteroatoms. The molecule has 0 radical (unpaired) electrons. The van der Waals surface area contributed by atoms with Crippen LogP contribution in [-0.4, -0.2) is 47.9 Å². The zero-order valence-corrected chi connectivity index (χ0v) is 11.3. The highest BCUT2D eigenvalue weighted by Crippen LogP contribution is 2.27. The number of nitrogens with one attached hydrogen (secondary N) is 1. The Morgan fingerprint density at radius 1 is 1.16 bits per heavy atom. The fourth-order valence-electron chi connectivity index (χ4n) is 2.89. The molecule has 0 atom stereocenters. The number of nitrogen functional groups attached to an aromatic ring is 1. The summed E-state index contributed by atoms with van der Waals surface area (Å²) in [6, 6.07) is 8.89. The molecule has 2 aliphatic rings. The maximum atomic E-state index is 7.64. The molecule has 1 aromatic carbocycles. The molecule has 1 aromatic rings.